The van der Waals surface area contributed by atoms with Crippen LogP contribution < -0.4 is 5.73 Å². The Labute approximate surface area is 116 Å². The van der Waals surface area contributed by atoms with E-state index in [2.05, 4.69) is 4.98 Å². The fourth-order valence-corrected chi connectivity index (χ4v) is 2.88. The van der Waals surface area contributed by atoms with Gasteiger partial charge in [0.2, 0.25) is 0 Å². The fourth-order valence-electron chi connectivity index (χ4n) is 1.67. The molecule has 0 amide bonds. The Bertz CT molecular complexity index is 705. The number of aromatic nitrogens is 1. The largest absolute Gasteiger partial charge is 0.399 e. The van der Waals surface area contributed by atoms with Gasteiger partial charge < -0.3 is 5.73 Å². The summed E-state index contributed by atoms with van der Waals surface area (Å²) in [6, 6.07) is 6.75. The lowest BCUT2D eigenvalue weighted by Gasteiger charge is -2.07. The zero-order valence-electron chi connectivity index (χ0n) is 10.1. The van der Waals surface area contributed by atoms with Gasteiger partial charge in [-0.1, -0.05) is 6.07 Å². The molecule has 0 radical (unpaired) electrons. The quantitative estimate of drug-likeness (QED) is 0.879. The Morgan fingerprint density at radius 2 is 2.00 bits per heavy atom. The molecule has 0 aliphatic heterocycles. The Kier molecular flexibility index (Phi) is 4.05. The molecule has 20 heavy (non-hydrogen) atoms. The summed E-state index contributed by atoms with van der Waals surface area (Å²) in [7, 11) is -1.97. The highest BCUT2D eigenvalue weighted by Crippen LogP contribution is 2.23. The predicted molar refractivity (Wildman–Crippen MR) is 69.8 cm³/mol. The lowest BCUT2D eigenvalue weighted by atomic mass is 10.2. The molecule has 1 aromatic heterocycles. The normalized spacial score (nSPS) is 11.8. The smallest absolute Gasteiger partial charge is 0.144 e. The molecular formula is C13H9F2N3OS. The van der Waals surface area contributed by atoms with Crippen molar-refractivity contribution in [2.45, 2.75) is 10.6 Å². The summed E-state index contributed by atoms with van der Waals surface area (Å²) < 4.78 is 39.4. The van der Waals surface area contributed by atoms with Gasteiger partial charge in [0, 0.05) is 17.4 Å². The summed E-state index contributed by atoms with van der Waals surface area (Å²) >= 11 is 0. The van der Waals surface area contributed by atoms with Gasteiger partial charge in [-0.15, -0.1) is 0 Å². The lowest BCUT2D eigenvalue weighted by Crippen LogP contribution is -2.05. The van der Waals surface area contributed by atoms with Crippen LogP contribution >= 0.6 is 0 Å². The maximum atomic E-state index is 13.7. The standard InChI is InChI=1S/C13H9F2N3OS/c14-10-4-9(17)5-11(15)13(10)20(19)7-8-2-1-3-18-12(8)6-16/h1-5H,7,17H2. The van der Waals surface area contributed by atoms with E-state index < -0.39 is 27.3 Å². The zero-order valence-corrected chi connectivity index (χ0v) is 11.0. The number of hydrogen-bond donors (Lipinski definition) is 1. The molecule has 0 aliphatic carbocycles. The van der Waals surface area contributed by atoms with E-state index in [1.165, 1.54) is 12.3 Å². The van der Waals surface area contributed by atoms with E-state index in [9.17, 15) is 13.0 Å². The molecule has 2 aromatic rings. The van der Waals surface area contributed by atoms with Crippen LogP contribution in [0.4, 0.5) is 14.5 Å². The first-order valence-corrected chi connectivity index (χ1v) is 6.81. The van der Waals surface area contributed by atoms with E-state index in [0.29, 0.717) is 5.56 Å². The van der Waals surface area contributed by atoms with Gasteiger partial charge in [-0.2, -0.15) is 5.26 Å². The third-order valence-corrected chi connectivity index (χ3v) is 3.95. The Morgan fingerprint density at radius 3 is 2.60 bits per heavy atom. The molecule has 2 N–H and O–H groups in total. The molecular weight excluding hydrogens is 284 g/mol. The van der Waals surface area contributed by atoms with Crippen molar-refractivity contribution < 1.29 is 13.0 Å². The molecule has 0 bridgehead atoms. The Hall–Kier alpha value is -2.33. The van der Waals surface area contributed by atoms with Crippen LogP contribution in [-0.4, -0.2) is 9.19 Å². The van der Waals surface area contributed by atoms with E-state index in [0.717, 1.165) is 12.1 Å². The van der Waals surface area contributed by atoms with Crippen molar-refractivity contribution in [2.24, 2.45) is 0 Å². The molecule has 0 fully saturated rings. The zero-order chi connectivity index (χ0) is 14.7. The second-order valence-corrected chi connectivity index (χ2v) is 5.31. The summed E-state index contributed by atoms with van der Waals surface area (Å²) in [5.41, 5.74) is 5.66. The SMILES string of the molecule is N#Cc1ncccc1CS(=O)c1c(F)cc(N)cc1F. The van der Waals surface area contributed by atoms with Gasteiger partial charge in [-0.3, -0.25) is 4.21 Å². The number of nitrogen functional groups attached to an aromatic ring is 1. The summed E-state index contributed by atoms with van der Waals surface area (Å²) in [6.07, 6.45) is 1.41. The monoisotopic (exact) mass is 293 g/mol. The molecule has 0 saturated heterocycles. The minimum atomic E-state index is -1.97. The van der Waals surface area contributed by atoms with E-state index >= 15 is 0 Å². The molecule has 102 valence electrons. The van der Waals surface area contributed by atoms with Gasteiger partial charge in [0.25, 0.3) is 0 Å². The van der Waals surface area contributed by atoms with Gasteiger partial charge in [0.1, 0.15) is 28.3 Å². The molecule has 1 aromatic carbocycles. The molecule has 4 nitrogen and oxygen atoms in total. The number of anilines is 1. The molecule has 1 heterocycles. The summed E-state index contributed by atoms with van der Waals surface area (Å²) in [4.78, 5) is 3.25. The van der Waals surface area contributed by atoms with Crippen molar-refractivity contribution in [3.05, 3.63) is 53.4 Å². The van der Waals surface area contributed by atoms with Crippen LogP contribution in [0.25, 0.3) is 0 Å². The Morgan fingerprint density at radius 1 is 1.35 bits per heavy atom. The van der Waals surface area contributed by atoms with Crippen LogP contribution in [0, 0.1) is 23.0 Å². The van der Waals surface area contributed by atoms with E-state index in [-0.39, 0.29) is 17.1 Å². The molecule has 1 atom stereocenters. The molecule has 1 unspecified atom stereocenters. The van der Waals surface area contributed by atoms with E-state index in [1.807, 2.05) is 6.07 Å². The number of hydrogen-bond acceptors (Lipinski definition) is 4. The van der Waals surface area contributed by atoms with Gasteiger partial charge in [-0.05, 0) is 18.2 Å². The minimum absolute atomic E-state index is 0.0807. The molecule has 0 aliphatic rings. The number of nitrogens with two attached hydrogens (primary N) is 1. The maximum Gasteiger partial charge on any atom is 0.144 e. The van der Waals surface area contributed by atoms with Crippen molar-refractivity contribution in [2.75, 3.05) is 5.73 Å². The number of nitriles is 1. The molecule has 7 heteroatoms. The van der Waals surface area contributed by atoms with Gasteiger partial charge in [0.05, 0.1) is 16.6 Å². The fraction of sp³-hybridized carbons (Fsp3) is 0.0769. The van der Waals surface area contributed by atoms with Crippen LogP contribution in [0.15, 0.2) is 35.4 Å². The number of nitrogens with zero attached hydrogens (tertiary/aromatic N) is 2. The average molecular weight is 293 g/mol. The highest BCUT2D eigenvalue weighted by atomic mass is 32.2. The first kappa shape index (κ1) is 14.1. The van der Waals surface area contributed by atoms with Crippen LogP contribution in [0.2, 0.25) is 0 Å². The Balaban J connectivity index is 2.37. The maximum absolute atomic E-state index is 13.7. The first-order chi connectivity index (χ1) is 9.52. The third-order valence-electron chi connectivity index (χ3n) is 2.53. The highest BCUT2D eigenvalue weighted by molar-refractivity contribution is 7.84. The van der Waals surface area contributed by atoms with Crippen LogP contribution in [-0.2, 0) is 16.6 Å². The third kappa shape index (κ3) is 2.81. The number of rotatable bonds is 3. The van der Waals surface area contributed by atoms with E-state index in [1.54, 1.807) is 6.07 Å². The van der Waals surface area contributed by atoms with Crippen LogP contribution in [0.3, 0.4) is 0 Å². The van der Waals surface area contributed by atoms with Crippen LogP contribution in [0.5, 0.6) is 0 Å². The van der Waals surface area contributed by atoms with Gasteiger partial charge >= 0.3 is 0 Å². The summed E-state index contributed by atoms with van der Waals surface area (Å²) in [5, 5.41) is 8.87. The molecule has 0 saturated carbocycles. The average Bonchev–Trinajstić information content (AvgIpc) is 2.38. The van der Waals surface area contributed by atoms with Crippen molar-refractivity contribution >= 4 is 16.5 Å². The van der Waals surface area contributed by atoms with Crippen molar-refractivity contribution in [3.63, 3.8) is 0 Å². The second kappa shape index (κ2) is 5.75. The predicted octanol–water partition coefficient (Wildman–Crippen LogP) is 2.12. The summed E-state index contributed by atoms with van der Waals surface area (Å²) in [5.74, 6) is -2.14. The molecule has 0 spiro atoms. The van der Waals surface area contributed by atoms with Gasteiger partial charge in [-0.25, -0.2) is 13.8 Å². The number of pyridine rings is 1. The minimum Gasteiger partial charge on any atom is -0.399 e. The van der Waals surface area contributed by atoms with Crippen molar-refractivity contribution in [1.82, 2.24) is 4.98 Å². The van der Waals surface area contributed by atoms with Crippen LogP contribution in [0.1, 0.15) is 11.3 Å². The second-order valence-electron chi connectivity index (χ2n) is 3.93. The first-order valence-electron chi connectivity index (χ1n) is 5.50. The highest BCUT2D eigenvalue weighted by Gasteiger charge is 2.18. The lowest BCUT2D eigenvalue weighted by molar-refractivity contribution is 0.535. The van der Waals surface area contributed by atoms with Gasteiger partial charge in [0.15, 0.2) is 0 Å². The topological polar surface area (TPSA) is 79.8 Å². The number of benzene rings is 1. The molecule has 2 rings (SSSR count). The van der Waals surface area contributed by atoms with Crippen molar-refractivity contribution in [1.29, 1.82) is 5.26 Å². The van der Waals surface area contributed by atoms with Crippen molar-refractivity contribution in [3.8, 4) is 6.07 Å². The van der Waals surface area contributed by atoms with E-state index in [4.69, 9.17) is 11.0 Å². The summed E-state index contributed by atoms with van der Waals surface area (Å²) in [6.45, 7) is 0. The number of halogens is 2.